The van der Waals surface area contributed by atoms with Gasteiger partial charge in [-0.3, -0.25) is 56.6 Å². The molecular formula is C70H32Cl2N6O8. The molecule has 0 N–H and O–H groups in total. The smallest absolute Gasteiger partial charge is 0.261 e. The van der Waals surface area contributed by atoms with Crippen molar-refractivity contribution >= 4 is 213 Å². The topological polar surface area (TPSA) is 164 Å². The van der Waals surface area contributed by atoms with Crippen LogP contribution in [0.2, 0.25) is 10.0 Å². The zero-order chi connectivity index (χ0) is 58.2. The van der Waals surface area contributed by atoms with Gasteiger partial charge in [0.1, 0.15) is 0 Å². The van der Waals surface area contributed by atoms with Gasteiger partial charge in [-0.2, -0.15) is 0 Å². The van der Waals surface area contributed by atoms with Gasteiger partial charge in [-0.05, 0) is 106 Å². The predicted octanol–water partition coefficient (Wildman–Crippen LogP) is 12.3. The summed E-state index contributed by atoms with van der Waals surface area (Å²) in [5.41, 5.74) is -0.139. The van der Waals surface area contributed by atoms with Gasteiger partial charge in [-0.25, -0.2) is 0 Å². The summed E-state index contributed by atoms with van der Waals surface area (Å²) in [6, 6.07) is 38.3. The minimum absolute atomic E-state index is 0.117. The Morgan fingerprint density at radius 1 is 0.267 bits per heavy atom. The van der Waals surface area contributed by atoms with Crippen molar-refractivity contribution in [3.8, 4) is 5.69 Å². The molecule has 0 bridgehead atoms. The van der Waals surface area contributed by atoms with Crippen LogP contribution < -0.4 is 49.4 Å². The molecule has 0 radical (unpaired) electrons. The second-order valence-corrected chi connectivity index (χ2v) is 24.2. The van der Waals surface area contributed by atoms with E-state index < -0.39 is 44.5 Å². The van der Waals surface area contributed by atoms with Crippen LogP contribution in [0.3, 0.4) is 0 Å². The van der Waals surface area contributed by atoms with Gasteiger partial charge >= 0.3 is 0 Å². The van der Waals surface area contributed by atoms with Gasteiger partial charge in [0.05, 0.1) is 43.4 Å². The first-order chi connectivity index (χ1) is 41.6. The minimum atomic E-state index is -0.637. The fraction of sp³-hybridized carbons (Fsp3) is 0.0571. The fourth-order valence-corrected chi connectivity index (χ4v) is 16.9. The zero-order valence-corrected chi connectivity index (χ0v) is 46.8. The maximum Gasteiger partial charge on any atom is 0.261 e. The number of anilines is 3. The van der Waals surface area contributed by atoms with Crippen molar-refractivity contribution in [1.29, 1.82) is 0 Å². The Balaban J connectivity index is 1.13. The highest BCUT2D eigenvalue weighted by Gasteiger charge is 2.38. The number of rotatable bonds is 4. The van der Waals surface area contributed by atoms with Crippen LogP contribution in [0.1, 0.15) is 0 Å². The van der Waals surface area contributed by atoms with Crippen molar-refractivity contribution in [2.24, 2.45) is 28.2 Å². The number of aromatic nitrogens is 5. The van der Waals surface area contributed by atoms with Gasteiger partial charge in [-0.15, -0.1) is 0 Å². The maximum absolute atomic E-state index is 15.9. The monoisotopic (exact) mass is 1150 g/mol. The van der Waals surface area contributed by atoms with E-state index in [9.17, 15) is 14.4 Å². The molecule has 20 rings (SSSR count). The molecule has 15 aromatic carbocycles. The molecule has 0 spiro atoms. The number of nitrogens with zero attached hydrogens (tertiary/aromatic N) is 6. The molecule has 86 heavy (non-hydrogen) atoms. The Hall–Kier alpha value is -10.8. The highest BCUT2D eigenvalue weighted by molar-refractivity contribution is 6.64. The van der Waals surface area contributed by atoms with Crippen LogP contribution in [0, 0.1) is 0 Å². The lowest BCUT2D eigenvalue weighted by Crippen LogP contribution is -2.31. The third-order valence-electron chi connectivity index (χ3n) is 19.7. The van der Waals surface area contributed by atoms with E-state index in [0.717, 1.165) is 35.3 Å². The molecule has 0 amide bonds. The lowest BCUT2D eigenvalue weighted by molar-refractivity contribution is 0.841. The highest BCUT2D eigenvalue weighted by Crippen LogP contribution is 2.62. The molecule has 5 aromatic heterocycles. The Bertz CT molecular complexity index is 7080. The normalized spacial score (nSPS) is 13.1. The van der Waals surface area contributed by atoms with Crippen LogP contribution in [-0.4, -0.2) is 22.8 Å². The lowest BCUT2D eigenvalue weighted by atomic mass is 9.73. The van der Waals surface area contributed by atoms with E-state index in [1.807, 2.05) is 102 Å². The first-order valence-corrected chi connectivity index (χ1v) is 28.5. The van der Waals surface area contributed by atoms with E-state index in [0.29, 0.717) is 135 Å². The highest BCUT2D eigenvalue weighted by atomic mass is 35.5. The van der Waals surface area contributed by atoms with Crippen molar-refractivity contribution in [3.05, 3.63) is 214 Å². The molecule has 404 valence electrons. The summed E-state index contributed by atoms with van der Waals surface area (Å²) in [5, 5.41) is 12.0. The number of hydrogen-bond acceptors (Lipinski definition) is 9. The first-order valence-electron chi connectivity index (χ1n) is 27.8. The third-order valence-corrected chi connectivity index (χ3v) is 20.3. The van der Waals surface area contributed by atoms with Crippen LogP contribution in [0.15, 0.2) is 160 Å². The van der Waals surface area contributed by atoms with Crippen molar-refractivity contribution < 1.29 is 0 Å². The number of pyridine rings is 4. The summed E-state index contributed by atoms with van der Waals surface area (Å²) < 4.78 is 6.35. The number of hydrogen-bond donors (Lipinski definition) is 0. The Labute approximate surface area is 486 Å². The first kappa shape index (κ1) is 46.7. The largest absolute Gasteiger partial charge is 0.311 e. The van der Waals surface area contributed by atoms with E-state index in [4.69, 9.17) is 23.2 Å². The standard InChI is InChI=1S/C70H32Cl2N6O8/c1-73-63(79)31-19-29-43-53-41(31)33(65(73)81)21-37(71)49(53)50-38(72)22-34-47-55(50)57(43)59-46(61(47)69(85)75(3)66(34)82)30-20-32-42-35(67(83)74(2)64(32)80)23-39-51-52-40(24-36-48-56(52)58(44(30)54(42)51)60(59)45(29)62(48)70(86)76(4)68(36)84)78(39)28-17-15-27(16-18-28)77(25-11-7-5-8-12-25)26-13-9-6-10-14-26/h5-24H,1-4H3. The molecule has 0 saturated carbocycles. The Kier molecular flexibility index (Phi) is 7.90. The molecule has 0 aliphatic carbocycles. The molecule has 16 heteroatoms. The van der Waals surface area contributed by atoms with Gasteiger partial charge in [0.2, 0.25) is 0 Å². The van der Waals surface area contributed by atoms with E-state index in [2.05, 4.69) is 4.90 Å². The van der Waals surface area contributed by atoms with Crippen LogP contribution in [0.4, 0.5) is 17.1 Å². The summed E-state index contributed by atoms with van der Waals surface area (Å²) in [6.45, 7) is 0. The van der Waals surface area contributed by atoms with Gasteiger partial charge in [-0.1, -0.05) is 59.6 Å². The summed E-state index contributed by atoms with van der Waals surface area (Å²) in [7, 11) is 5.72. The van der Waals surface area contributed by atoms with Gasteiger partial charge < -0.3 is 9.47 Å². The fourth-order valence-electron chi connectivity index (χ4n) is 16.4. The average Bonchev–Trinajstić information content (AvgIpc) is 0.939. The predicted molar refractivity (Wildman–Crippen MR) is 348 cm³/mol. The van der Waals surface area contributed by atoms with E-state index in [-0.39, 0.29) is 53.1 Å². The second kappa shape index (κ2) is 14.6. The van der Waals surface area contributed by atoms with E-state index >= 15 is 24.0 Å². The van der Waals surface area contributed by atoms with Gasteiger partial charge in [0.15, 0.2) is 0 Å². The van der Waals surface area contributed by atoms with Crippen LogP contribution in [0.5, 0.6) is 0 Å². The minimum Gasteiger partial charge on any atom is -0.311 e. The van der Waals surface area contributed by atoms with Crippen molar-refractivity contribution in [1.82, 2.24) is 22.8 Å². The summed E-state index contributed by atoms with van der Waals surface area (Å²) in [5.74, 6) is 0. The summed E-state index contributed by atoms with van der Waals surface area (Å²) >= 11 is 15.0. The molecule has 0 fully saturated rings. The molecule has 0 aliphatic rings. The van der Waals surface area contributed by atoms with E-state index in [1.54, 1.807) is 12.1 Å². The lowest BCUT2D eigenvalue weighted by Gasteiger charge is -2.29. The molecule has 0 saturated heterocycles. The Morgan fingerprint density at radius 3 is 0.988 bits per heavy atom. The average molecular weight is 1160 g/mol. The second-order valence-electron chi connectivity index (χ2n) is 23.4. The van der Waals surface area contributed by atoms with E-state index in [1.165, 1.54) is 40.3 Å². The third kappa shape index (κ3) is 4.76. The SMILES string of the molecule is Cn1c(=O)c2cc(Cl)c3c4c(Cl)cc5c(=O)n(C)c(=O)c6c5c4c4c5c(cc(c1=O)c2c35)c1c2c(=O)n(C)c(=O)c3cc5c7c(c32)c2c3c(cc8c(=O)n(C)c(=O)c9cc(c7c3c89)n5-c3ccc(N(c5ccccc5)c5ccccc5)cc3)c6c4c12. The summed E-state index contributed by atoms with van der Waals surface area (Å²) in [4.78, 5) is 124. The summed E-state index contributed by atoms with van der Waals surface area (Å²) in [6.07, 6.45) is 0. The molecule has 14 nitrogen and oxygen atoms in total. The quantitative estimate of drug-likeness (QED) is 0.123. The van der Waals surface area contributed by atoms with Crippen molar-refractivity contribution in [3.63, 3.8) is 0 Å². The molecule has 0 unspecified atom stereocenters. The number of halogens is 2. The molecule has 0 aliphatic heterocycles. The number of benzene rings is 15. The van der Waals surface area contributed by atoms with Crippen LogP contribution >= 0.6 is 23.2 Å². The Morgan fingerprint density at radius 2 is 0.558 bits per heavy atom. The molecular weight excluding hydrogens is 1120 g/mol. The maximum atomic E-state index is 15.9. The van der Waals surface area contributed by atoms with Gasteiger partial charge in [0.25, 0.3) is 44.5 Å². The zero-order valence-electron chi connectivity index (χ0n) is 45.3. The molecule has 5 heterocycles. The van der Waals surface area contributed by atoms with Gasteiger partial charge in [0, 0.05) is 169 Å². The molecule has 0 atom stereocenters. The van der Waals surface area contributed by atoms with Crippen LogP contribution in [0.25, 0.3) is 178 Å². The van der Waals surface area contributed by atoms with Crippen molar-refractivity contribution in [2.75, 3.05) is 4.90 Å². The number of fused-ring (bicyclic) bond motifs is 5. The molecule has 20 aromatic rings. The van der Waals surface area contributed by atoms with Crippen molar-refractivity contribution in [2.45, 2.75) is 0 Å². The number of para-hydroxylation sites is 2. The van der Waals surface area contributed by atoms with Crippen LogP contribution in [-0.2, 0) is 28.2 Å².